The Labute approximate surface area is 78.9 Å². The van der Waals surface area contributed by atoms with Crippen LogP contribution in [0.3, 0.4) is 0 Å². The topological polar surface area (TPSA) is 78.6 Å². The Morgan fingerprint density at radius 2 is 2.23 bits per heavy atom. The van der Waals surface area contributed by atoms with E-state index in [0.29, 0.717) is 6.42 Å². The molecule has 0 aromatic carbocycles. The highest BCUT2D eigenvalue weighted by atomic mass is 16.3. The number of aliphatic hydroxyl groups excluding tert-OH is 1. The van der Waals surface area contributed by atoms with Gasteiger partial charge in [0.2, 0.25) is 5.91 Å². The number of amides is 1. The van der Waals surface area contributed by atoms with Crippen LogP contribution in [0.4, 0.5) is 0 Å². The molecule has 0 heterocycles. The molecular formula is C8H19N3O2. The smallest absolute Gasteiger partial charge is 0.238 e. The standard InChI is InChI=1S/C8H19N3O2/c1-11(2)5-3-4-7(9)8(13)10-6-12/h7,12H,3-6,9H2,1-2H3,(H,10,13)/t7-/m0/s1. The lowest BCUT2D eigenvalue weighted by atomic mass is 10.1. The van der Waals surface area contributed by atoms with Gasteiger partial charge >= 0.3 is 0 Å². The van der Waals surface area contributed by atoms with Crippen LogP contribution >= 0.6 is 0 Å². The molecular weight excluding hydrogens is 170 g/mol. The maximum absolute atomic E-state index is 11.0. The molecule has 0 aliphatic rings. The van der Waals surface area contributed by atoms with E-state index in [0.717, 1.165) is 13.0 Å². The number of nitrogens with one attached hydrogen (secondary N) is 1. The van der Waals surface area contributed by atoms with Crippen LogP contribution < -0.4 is 11.1 Å². The van der Waals surface area contributed by atoms with E-state index in [1.54, 1.807) is 0 Å². The summed E-state index contributed by atoms with van der Waals surface area (Å²) in [5.74, 6) is -0.291. The van der Waals surface area contributed by atoms with E-state index < -0.39 is 6.04 Å². The van der Waals surface area contributed by atoms with Crippen LogP contribution in [0, 0.1) is 0 Å². The van der Waals surface area contributed by atoms with Crippen LogP contribution in [0.1, 0.15) is 12.8 Å². The first-order valence-electron chi connectivity index (χ1n) is 4.36. The van der Waals surface area contributed by atoms with Gasteiger partial charge in [-0.3, -0.25) is 4.79 Å². The molecule has 0 saturated carbocycles. The lowest BCUT2D eigenvalue weighted by Gasteiger charge is -2.13. The summed E-state index contributed by atoms with van der Waals surface area (Å²) < 4.78 is 0. The largest absolute Gasteiger partial charge is 0.376 e. The molecule has 5 heteroatoms. The molecule has 0 rings (SSSR count). The minimum atomic E-state index is -0.507. The number of nitrogens with zero attached hydrogens (tertiary/aromatic N) is 1. The summed E-state index contributed by atoms with van der Waals surface area (Å²) in [6.45, 7) is 0.570. The Hall–Kier alpha value is -0.650. The molecule has 0 aromatic rings. The van der Waals surface area contributed by atoms with E-state index >= 15 is 0 Å². The highest BCUT2D eigenvalue weighted by Crippen LogP contribution is 1.95. The summed E-state index contributed by atoms with van der Waals surface area (Å²) in [4.78, 5) is 13.0. The average Bonchev–Trinajstić information content (AvgIpc) is 2.04. The first kappa shape index (κ1) is 12.3. The molecule has 0 aliphatic heterocycles. The van der Waals surface area contributed by atoms with E-state index in [4.69, 9.17) is 10.8 Å². The number of aliphatic hydroxyl groups is 1. The molecule has 5 nitrogen and oxygen atoms in total. The molecule has 0 saturated heterocycles. The number of hydrogen-bond donors (Lipinski definition) is 3. The van der Waals surface area contributed by atoms with Crippen molar-refractivity contribution >= 4 is 5.91 Å². The van der Waals surface area contributed by atoms with E-state index in [-0.39, 0.29) is 12.6 Å². The minimum Gasteiger partial charge on any atom is -0.376 e. The number of carbonyl (C=O) groups excluding carboxylic acids is 1. The van der Waals surface area contributed by atoms with Gasteiger partial charge in [-0.05, 0) is 33.5 Å². The number of hydrogen-bond acceptors (Lipinski definition) is 4. The van der Waals surface area contributed by atoms with Gasteiger partial charge in [0.1, 0.15) is 6.73 Å². The first-order chi connectivity index (χ1) is 6.07. The van der Waals surface area contributed by atoms with Gasteiger partial charge in [0.05, 0.1) is 6.04 Å². The maximum Gasteiger partial charge on any atom is 0.238 e. The van der Waals surface area contributed by atoms with E-state index in [1.165, 1.54) is 0 Å². The van der Waals surface area contributed by atoms with Crippen molar-refractivity contribution in [1.29, 1.82) is 0 Å². The second-order valence-electron chi connectivity index (χ2n) is 3.25. The lowest BCUT2D eigenvalue weighted by molar-refractivity contribution is -0.123. The summed E-state index contributed by atoms with van der Waals surface area (Å²) in [5.41, 5.74) is 5.55. The Morgan fingerprint density at radius 1 is 1.62 bits per heavy atom. The van der Waals surface area contributed by atoms with E-state index in [2.05, 4.69) is 5.32 Å². The zero-order valence-corrected chi connectivity index (χ0v) is 8.29. The lowest BCUT2D eigenvalue weighted by Crippen LogP contribution is -2.41. The van der Waals surface area contributed by atoms with Crippen molar-refractivity contribution in [3.63, 3.8) is 0 Å². The zero-order chi connectivity index (χ0) is 10.3. The average molecular weight is 189 g/mol. The molecule has 0 aromatic heterocycles. The van der Waals surface area contributed by atoms with Crippen molar-refractivity contribution in [2.45, 2.75) is 18.9 Å². The van der Waals surface area contributed by atoms with Gasteiger partial charge in [-0.25, -0.2) is 0 Å². The van der Waals surface area contributed by atoms with Crippen molar-refractivity contribution in [3.8, 4) is 0 Å². The van der Waals surface area contributed by atoms with Gasteiger partial charge in [0.15, 0.2) is 0 Å². The summed E-state index contributed by atoms with van der Waals surface area (Å²) in [7, 11) is 3.94. The molecule has 4 N–H and O–H groups in total. The first-order valence-corrected chi connectivity index (χ1v) is 4.36. The summed E-state index contributed by atoms with van der Waals surface area (Å²) >= 11 is 0. The van der Waals surface area contributed by atoms with Gasteiger partial charge < -0.3 is 21.1 Å². The van der Waals surface area contributed by atoms with Crippen molar-refractivity contribution in [1.82, 2.24) is 10.2 Å². The van der Waals surface area contributed by atoms with Crippen molar-refractivity contribution in [2.75, 3.05) is 27.4 Å². The molecule has 0 bridgehead atoms. The number of rotatable bonds is 6. The summed E-state index contributed by atoms with van der Waals surface area (Å²) in [5, 5.41) is 10.7. The number of nitrogens with two attached hydrogens (primary N) is 1. The summed E-state index contributed by atoms with van der Waals surface area (Å²) in [6.07, 6.45) is 1.52. The second kappa shape index (κ2) is 6.82. The van der Waals surface area contributed by atoms with Gasteiger partial charge in [0.25, 0.3) is 0 Å². The van der Waals surface area contributed by atoms with Crippen molar-refractivity contribution in [2.24, 2.45) is 5.73 Å². The molecule has 0 spiro atoms. The predicted octanol–water partition coefficient (Wildman–Crippen LogP) is -1.28. The fraction of sp³-hybridized carbons (Fsp3) is 0.875. The predicted molar refractivity (Wildman–Crippen MR) is 51.0 cm³/mol. The van der Waals surface area contributed by atoms with Gasteiger partial charge in [0, 0.05) is 0 Å². The van der Waals surface area contributed by atoms with E-state index in [9.17, 15) is 4.79 Å². The highest BCUT2D eigenvalue weighted by molar-refractivity contribution is 5.81. The van der Waals surface area contributed by atoms with Crippen LogP contribution in [-0.4, -0.2) is 49.3 Å². The van der Waals surface area contributed by atoms with Gasteiger partial charge in [-0.1, -0.05) is 0 Å². The van der Waals surface area contributed by atoms with Gasteiger partial charge in [-0.15, -0.1) is 0 Å². The third-order valence-electron chi connectivity index (χ3n) is 1.71. The molecule has 0 aliphatic carbocycles. The normalized spacial score (nSPS) is 13.0. The van der Waals surface area contributed by atoms with Crippen LogP contribution in [0.2, 0.25) is 0 Å². The third kappa shape index (κ3) is 6.51. The minimum absolute atomic E-state index is 0.291. The molecule has 0 radical (unpaired) electrons. The quantitative estimate of drug-likeness (QED) is 0.455. The second-order valence-corrected chi connectivity index (χ2v) is 3.25. The van der Waals surface area contributed by atoms with Crippen LogP contribution in [0.25, 0.3) is 0 Å². The number of carbonyl (C=O) groups is 1. The van der Waals surface area contributed by atoms with Crippen molar-refractivity contribution < 1.29 is 9.90 Å². The van der Waals surface area contributed by atoms with Crippen LogP contribution in [0.5, 0.6) is 0 Å². The molecule has 0 fully saturated rings. The van der Waals surface area contributed by atoms with Crippen LogP contribution in [0.15, 0.2) is 0 Å². The fourth-order valence-electron chi connectivity index (χ4n) is 0.968. The van der Waals surface area contributed by atoms with Gasteiger partial charge in [-0.2, -0.15) is 0 Å². The fourth-order valence-corrected chi connectivity index (χ4v) is 0.968. The molecule has 1 atom stereocenters. The third-order valence-corrected chi connectivity index (χ3v) is 1.71. The van der Waals surface area contributed by atoms with Crippen molar-refractivity contribution in [3.05, 3.63) is 0 Å². The Morgan fingerprint density at radius 3 is 2.69 bits per heavy atom. The monoisotopic (exact) mass is 189 g/mol. The Kier molecular flexibility index (Phi) is 6.48. The van der Waals surface area contributed by atoms with Crippen LogP contribution in [-0.2, 0) is 4.79 Å². The van der Waals surface area contributed by atoms with E-state index in [1.807, 2.05) is 19.0 Å². The molecule has 13 heavy (non-hydrogen) atoms. The summed E-state index contributed by atoms with van der Waals surface area (Å²) in [6, 6.07) is -0.507. The maximum atomic E-state index is 11.0. The molecule has 78 valence electrons. The molecule has 0 unspecified atom stereocenters. The zero-order valence-electron chi connectivity index (χ0n) is 8.29. The Balaban J connectivity index is 3.49. The highest BCUT2D eigenvalue weighted by Gasteiger charge is 2.11. The SMILES string of the molecule is CN(C)CCC[C@H](N)C(=O)NCO. The Bertz CT molecular complexity index is 150. The molecule has 1 amide bonds.